The van der Waals surface area contributed by atoms with E-state index in [4.69, 9.17) is 3.67 Å². The predicted octanol–water partition coefficient (Wildman–Crippen LogP) is 1.10. The molecule has 0 saturated heterocycles. The van der Waals surface area contributed by atoms with Crippen LogP contribution in [-0.2, 0) is 21.0 Å². The van der Waals surface area contributed by atoms with E-state index in [0.717, 1.165) is 17.4 Å². The summed E-state index contributed by atoms with van der Waals surface area (Å²) in [5.41, 5.74) is 0. The van der Waals surface area contributed by atoms with Gasteiger partial charge in [-0.1, -0.05) is 0 Å². The SMILES string of the molecule is F.F.F.F.F.F.F.F.[O]=[V]. The predicted molar refractivity (Wildman–Crippen MR) is 20.7 cm³/mol. The molecule has 0 bridgehead atoms. The summed E-state index contributed by atoms with van der Waals surface area (Å²) in [5, 5.41) is 0. The molecule has 0 aliphatic carbocycles. The van der Waals surface area contributed by atoms with E-state index in [1.54, 1.807) is 0 Å². The third-order valence-corrected chi connectivity index (χ3v) is 0. The van der Waals surface area contributed by atoms with Gasteiger partial charge in [-0.05, 0) is 0 Å². The van der Waals surface area contributed by atoms with Crippen molar-refractivity contribution in [1.29, 1.82) is 0 Å². The Labute approximate surface area is 59.7 Å². The van der Waals surface area contributed by atoms with E-state index in [9.17, 15) is 0 Å². The molecule has 0 atom stereocenters. The van der Waals surface area contributed by atoms with Crippen LogP contribution in [0.5, 0.6) is 0 Å². The van der Waals surface area contributed by atoms with Crippen LogP contribution in [0.4, 0.5) is 37.6 Å². The molecule has 0 unspecified atom stereocenters. The fourth-order valence-electron chi connectivity index (χ4n) is 0. The molecule has 0 aromatic carbocycles. The quantitative estimate of drug-likeness (QED) is 0.566. The van der Waals surface area contributed by atoms with E-state index in [1.165, 1.54) is 0 Å². The Morgan fingerprint density at radius 2 is 0.400 bits per heavy atom. The fourth-order valence-corrected chi connectivity index (χ4v) is 0. The summed E-state index contributed by atoms with van der Waals surface area (Å²) in [4.78, 5) is 0. The van der Waals surface area contributed by atoms with Crippen molar-refractivity contribution in [3.8, 4) is 0 Å². The standard InChI is InChI=1S/8FH.O.V/h8*1H;;. The zero-order valence-corrected chi connectivity index (χ0v) is 5.52. The topological polar surface area (TPSA) is 17.1 Å². The number of rotatable bonds is 0. The van der Waals surface area contributed by atoms with Crippen molar-refractivity contribution in [2.24, 2.45) is 0 Å². The first-order valence-electron chi connectivity index (χ1n) is 0.183. The average Bonchev–Trinajstić information content (AvgIpc) is 1.00. The molecule has 0 aliphatic heterocycles. The maximum atomic E-state index is 8.19. The summed E-state index contributed by atoms with van der Waals surface area (Å²) in [5.74, 6) is 0. The van der Waals surface area contributed by atoms with Crippen LogP contribution < -0.4 is 0 Å². The third kappa shape index (κ3) is 11800. The minimum absolute atomic E-state index is 0. The van der Waals surface area contributed by atoms with Crippen molar-refractivity contribution in [1.82, 2.24) is 0 Å². The second-order valence-electron chi connectivity index (χ2n) is 0. The van der Waals surface area contributed by atoms with Gasteiger partial charge in [0.2, 0.25) is 0 Å². The van der Waals surface area contributed by atoms with Gasteiger partial charge in [0, 0.05) is 0 Å². The van der Waals surface area contributed by atoms with Gasteiger partial charge in [0.15, 0.2) is 0 Å². The Hall–Kier alpha value is -0.176. The number of hydrogen-bond donors (Lipinski definition) is 0. The Kier molecular flexibility index (Phi) is 1970000. The Morgan fingerprint density at radius 1 is 0.400 bits per heavy atom. The van der Waals surface area contributed by atoms with Crippen LogP contribution in [0, 0.1) is 0 Å². The molecule has 10 heavy (non-hydrogen) atoms. The molecule has 0 aromatic rings. The molecule has 0 amide bonds. The third-order valence-electron chi connectivity index (χ3n) is 0. The minimum atomic E-state index is 0. The van der Waals surface area contributed by atoms with Gasteiger partial charge in [-0.2, -0.15) is 0 Å². The van der Waals surface area contributed by atoms with Crippen molar-refractivity contribution in [2.45, 2.75) is 0 Å². The number of halogens is 8. The fraction of sp³-hybridized carbons (Fsp3) is 0. The molecule has 0 aromatic heterocycles. The van der Waals surface area contributed by atoms with Gasteiger partial charge in [0.1, 0.15) is 0 Å². The van der Waals surface area contributed by atoms with Gasteiger partial charge in [0.25, 0.3) is 0 Å². The molecule has 0 radical (unpaired) electrons. The summed E-state index contributed by atoms with van der Waals surface area (Å²) < 4.78 is 8.19. The first-order valence-corrected chi connectivity index (χ1v) is 0.753. The van der Waals surface area contributed by atoms with Gasteiger partial charge in [-0.3, -0.25) is 37.6 Å². The first kappa shape index (κ1) is 1130. The van der Waals surface area contributed by atoms with Crippen LogP contribution in [0.25, 0.3) is 0 Å². The molecule has 75 valence electrons. The van der Waals surface area contributed by atoms with E-state index in [1.807, 2.05) is 0 Å². The average molecular weight is 227 g/mol. The van der Waals surface area contributed by atoms with E-state index in [0.29, 0.717) is 0 Å². The van der Waals surface area contributed by atoms with Crippen LogP contribution in [0.2, 0.25) is 0 Å². The van der Waals surface area contributed by atoms with Gasteiger partial charge in [-0.25, -0.2) is 0 Å². The molecule has 1 nitrogen and oxygen atoms in total. The molecular weight excluding hydrogens is 219 g/mol. The molecule has 10 heteroatoms. The van der Waals surface area contributed by atoms with Gasteiger partial charge >= 0.3 is 21.0 Å². The summed E-state index contributed by atoms with van der Waals surface area (Å²) >= 11 is 1.06. The van der Waals surface area contributed by atoms with Crippen LogP contribution in [0.15, 0.2) is 0 Å². The second kappa shape index (κ2) is 17500. The van der Waals surface area contributed by atoms with Crippen LogP contribution >= 0.6 is 0 Å². The summed E-state index contributed by atoms with van der Waals surface area (Å²) in [6.45, 7) is 0. The van der Waals surface area contributed by atoms with Crippen molar-refractivity contribution < 1.29 is 58.7 Å². The normalized spacial score (nSPS) is 0.300. The summed E-state index contributed by atoms with van der Waals surface area (Å²) in [6.07, 6.45) is 0. The molecule has 0 saturated carbocycles. The Bertz CT molecular complexity index is 9.22. The van der Waals surface area contributed by atoms with Gasteiger partial charge in [0.05, 0.1) is 0 Å². The van der Waals surface area contributed by atoms with Crippen LogP contribution in [0.3, 0.4) is 0 Å². The molecule has 0 rings (SSSR count). The van der Waals surface area contributed by atoms with E-state index >= 15 is 0 Å². The van der Waals surface area contributed by atoms with E-state index in [2.05, 4.69) is 0 Å². The first-order chi connectivity index (χ1) is 1.00. The molecule has 0 fully saturated rings. The van der Waals surface area contributed by atoms with Crippen molar-refractivity contribution in [2.75, 3.05) is 0 Å². The monoisotopic (exact) mass is 227 g/mol. The van der Waals surface area contributed by atoms with Crippen molar-refractivity contribution in [3.63, 3.8) is 0 Å². The summed E-state index contributed by atoms with van der Waals surface area (Å²) in [6, 6.07) is 0. The van der Waals surface area contributed by atoms with Crippen molar-refractivity contribution in [3.05, 3.63) is 0 Å². The number of hydrogen-bond acceptors (Lipinski definition) is 1. The molecule has 0 aliphatic rings. The van der Waals surface area contributed by atoms with E-state index < -0.39 is 0 Å². The Balaban J connectivity index is -0.000000000179. The molecule has 0 heterocycles. The zero-order chi connectivity index (χ0) is 2.00. The maximum absolute atomic E-state index is 8.19. The van der Waals surface area contributed by atoms with Crippen LogP contribution in [0.1, 0.15) is 0 Å². The van der Waals surface area contributed by atoms with E-state index in [-0.39, 0.29) is 37.6 Å². The van der Waals surface area contributed by atoms with Gasteiger partial charge in [-0.15, -0.1) is 0 Å². The van der Waals surface area contributed by atoms with Gasteiger partial charge < -0.3 is 0 Å². The van der Waals surface area contributed by atoms with Crippen molar-refractivity contribution >= 4 is 0 Å². The molecular formula is H8F8OV. The molecule has 0 spiro atoms. The zero-order valence-electron chi connectivity index (χ0n) is 4.12. The summed E-state index contributed by atoms with van der Waals surface area (Å²) in [7, 11) is 0. The Morgan fingerprint density at radius 3 is 0.400 bits per heavy atom. The van der Waals surface area contributed by atoms with Crippen LogP contribution in [-0.4, -0.2) is 0 Å². The second-order valence-corrected chi connectivity index (χ2v) is 0. The molecule has 0 N–H and O–H groups in total.